The molecule has 4 nitrogen and oxygen atoms in total. The summed E-state index contributed by atoms with van der Waals surface area (Å²) in [6.07, 6.45) is 0. The molecule has 2 N–H and O–H groups in total. The van der Waals surface area contributed by atoms with E-state index in [1.54, 1.807) is 0 Å². The van der Waals surface area contributed by atoms with Crippen LogP contribution in [-0.4, -0.2) is 40.6 Å². The van der Waals surface area contributed by atoms with Gasteiger partial charge in [-0.05, 0) is 0 Å². The van der Waals surface area contributed by atoms with Crippen LogP contribution in [0.25, 0.3) is 0 Å². The standard InChI is InChI=1S/K.Mg.Na.H2O4S.4H/c;;;1-5(2,3)4;;;;/h;;;(H2,1,2,3,4);;;;/q+1;+2;+1;;4*-1. The van der Waals surface area contributed by atoms with E-state index in [-0.39, 0.29) is 110 Å². The maximum absolute atomic E-state index is 8.74. The van der Waals surface area contributed by atoms with E-state index in [4.69, 9.17) is 17.5 Å². The monoisotopic (exact) mass is 188 g/mol. The third kappa shape index (κ3) is 59.3. The van der Waals surface area contributed by atoms with Crippen LogP contribution in [0.5, 0.6) is 0 Å². The zero-order valence-corrected chi connectivity index (χ0v) is 12.2. The molecule has 8 heavy (non-hydrogen) atoms. The maximum Gasteiger partial charge on any atom is 2.00 e. The predicted octanol–water partition coefficient (Wildman–Crippen LogP) is -6.58. The minimum atomic E-state index is -4.67. The Morgan fingerprint density at radius 2 is 1.25 bits per heavy atom. The maximum atomic E-state index is 8.74. The number of hydrogen-bond acceptors (Lipinski definition) is 2. The molecule has 0 heterocycles. The van der Waals surface area contributed by atoms with Crippen molar-refractivity contribution in [1.82, 2.24) is 0 Å². The molecule has 0 aromatic rings. The molecule has 8 heteroatoms. The van der Waals surface area contributed by atoms with Gasteiger partial charge in [0, 0.05) is 0 Å². The van der Waals surface area contributed by atoms with E-state index in [2.05, 4.69) is 0 Å². The van der Waals surface area contributed by atoms with E-state index < -0.39 is 10.4 Å². The van der Waals surface area contributed by atoms with Crippen LogP contribution in [-0.2, 0) is 10.4 Å². The molecule has 0 aromatic carbocycles. The van der Waals surface area contributed by atoms with Crippen LogP contribution < -0.4 is 80.9 Å². The molecule has 0 atom stereocenters. The Hall–Kier alpha value is 3.27. The van der Waals surface area contributed by atoms with Gasteiger partial charge in [-0.25, -0.2) is 0 Å². The van der Waals surface area contributed by atoms with Crippen molar-refractivity contribution in [1.29, 1.82) is 0 Å². The summed E-state index contributed by atoms with van der Waals surface area (Å²) in [5.41, 5.74) is 0. The quantitative estimate of drug-likeness (QED) is 0.293. The van der Waals surface area contributed by atoms with Gasteiger partial charge in [0.25, 0.3) is 0 Å². The second-order valence-corrected chi connectivity index (χ2v) is 1.34. The smallest absolute Gasteiger partial charge is 1.00 e. The molecular formula is H6KMgNaO4S. The van der Waals surface area contributed by atoms with Gasteiger partial charge < -0.3 is 5.71 Å². The molecule has 0 unspecified atom stereocenters. The van der Waals surface area contributed by atoms with Crippen LogP contribution in [0.1, 0.15) is 5.71 Å². The SMILES string of the molecule is O=S(=O)(O)O.[H-].[H-].[H-].[H-].[K+].[Mg+2].[Na+]. The van der Waals surface area contributed by atoms with Gasteiger partial charge >= 0.3 is 114 Å². The Morgan fingerprint density at radius 3 is 1.25 bits per heavy atom. The first-order valence-corrected chi connectivity index (χ1v) is 2.10. The second-order valence-electron chi connectivity index (χ2n) is 0.448. The predicted molar refractivity (Wildman–Crippen MR) is 24.4 cm³/mol. The van der Waals surface area contributed by atoms with E-state index >= 15 is 0 Å². The van der Waals surface area contributed by atoms with Crippen molar-refractivity contribution in [3.8, 4) is 0 Å². The molecule has 0 rings (SSSR count). The van der Waals surface area contributed by atoms with Crippen molar-refractivity contribution in [2.45, 2.75) is 0 Å². The molecule has 0 spiro atoms. The summed E-state index contributed by atoms with van der Waals surface area (Å²) in [6.45, 7) is 0. The summed E-state index contributed by atoms with van der Waals surface area (Å²) in [5.74, 6) is 0. The first kappa shape index (κ1) is 22.5. The van der Waals surface area contributed by atoms with Crippen molar-refractivity contribution in [2.24, 2.45) is 0 Å². The number of hydrogen-bond donors (Lipinski definition) is 2. The molecule has 0 saturated carbocycles. The Bertz CT molecular complexity index is 110. The first-order chi connectivity index (χ1) is 2.00. The Kier molecular flexibility index (Phi) is 28.9. The van der Waals surface area contributed by atoms with Gasteiger partial charge in [0.1, 0.15) is 0 Å². The topological polar surface area (TPSA) is 74.6 Å². The van der Waals surface area contributed by atoms with E-state index in [0.717, 1.165) is 0 Å². The molecule has 0 radical (unpaired) electrons. The molecule has 0 saturated heterocycles. The van der Waals surface area contributed by atoms with Gasteiger partial charge in [-0.3, -0.25) is 9.11 Å². The zero-order valence-electron chi connectivity index (χ0n) is 8.83. The molecule has 0 aliphatic rings. The van der Waals surface area contributed by atoms with Crippen LogP contribution >= 0.6 is 0 Å². The van der Waals surface area contributed by atoms with E-state index in [1.165, 1.54) is 0 Å². The van der Waals surface area contributed by atoms with Crippen molar-refractivity contribution in [3.63, 3.8) is 0 Å². The first-order valence-electron chi connectivity index (χ1n) is 0.698. The van der Waals surface area contributed by atoms with E-state index in [9.17, 15) is 0 Å². The molecule has 40 valence electrons. The summed E-state index contributed by atoms with van der Waals surface area (Å²) in [4.78, 5) is 0. The summed E-state index contributed by atoms with van der Waals surface area (Å²) in [5, 5.41) is 0. The van der Waals surface area contributed by atoms with Gasteiger partial charge in [-0.1, -0.05) is 0 Å². The normalized spacial score (nSPS) is 7.25. The molecule has 0 aliphatic carbocycles. The average Bonchev–Trinajstić information content (AvgIpc) is 0.722. The van der Waals surface area contributed by atoms with Crippen LogP contribution in [0.3, 0.4) is 0 Å². The van der Waals surface area contributed by atoms with Crippen LogP contribution in [0.15, 0.2) is 0 Å². The summed E-state index contributed by atoms with van der Waals surface area (Å²) in [6, 6.07) is 0. The largest absolute Gasteiger partial charge is 2.00 e. The minimum Gasteiger partial charge on any atom is -1.00 e. The fourth-order valence-corrected chi connectivity index (χ4v) is 0. The molecule has 0 amide bonds. The van der Waals surface area contributed by atoms with Crippen molar-refractivity contribution >= 4 is 33.5 Å². The van der Waals surface area contributed by atoms with Crippen molar-refractivity contribution in [3.05, 3.63) is 0 Å². The second kappa shape index (κ2) is 10.3. The Balaban J connectivity index is -0.00000000381. The molecule has 0 aromatic heterocycles. The summed E-state index contributed by atoms with van der Waals surface area (Å²) in [7, 11) is -4.67. The molecule has 0 aliphatic heterocycles. The molecule has 0 fully saturated rings. The van der Waals surface area contributed by atoms with Crippen LogP contribution in [0.2, 0.25) is 0 Å². The fraction of sp³-hybridized carbons (Fsp3) is 0. The zero-order chi connectivity index (χ0) is 4.50. The molecule has 0 bridgehead atoms. The van der Waals surface area contributed by atoms with E-state index in [1.807, 2.05) is 0 Å². The van der Waals surface area contributed by atoms with Crippen molar-refractivity contribution in [2.75, 3.05) is 0 Å². The Labute approximate surface area is 135 Å². The van der Waals surface area contributed by atoms with Crippen LogP contribution in [0, 0.1) is 0 Å². The Morgan fingerprint density at radius 1 is 1.25 bits per heavy atom. The van der Waals surface area contributed by atoms with Gasteiger partial charge in [0.2, 0.25) is 0 Å². The number of rotatable bonds is 0. The summed E-state index contributed by atoms with van der Waals surface area (Å²) < 4.78 is 31.6. The van der Waals surface area contributed by atoms with Gasteiger partial charge in [-0.15, -0.1) is 0 Å². The molecular weight excluding hydrogens is 182 g/mol. The average molecular weight is 189 g/mol. The minimum absolute atomic E-state index is 0. The van der Waals surface area contributed by atoms with Crippen molar-refractivity contribution < 1.29 is 104 Å². The van der Waals surface area contributed by atoms with Crippen LogP contribution in [0.4, 0.5) is 0 Å². The third-order valence-electron chi connectivity index (χ3n) is 0. The fourth-order valence-electron chi connectivity index (χ4n) is 0. The van der Waals surface area contributed by atoms with Gasteiger partial charge in [0.15, 0.2) is 0 Å². The third-order valence-corrected chi connectivity index (χ3v) is 0. The van der Waals surface area contributed by atoms with Gasteiger partial charge in [-0.2, -0.15) is 8.42 Å². The summed E-state index contributed by atoms with van der Waals surface area (Å²) >= 11 is 0. The van der Waals surface area contributed by atoms with Gasteiger partial charge in [0.05, 0.1) is 0 Å². The van der Waals surface area contributed by atoms with E-state index in [0.29, 0.717) is 0 Å².